The van der Waals surface area contributed by atoms with Crippen LogP contribution in [0.25, 0.3) is 0 Å². The number of nitrogens with two attached hydrogens (primary N) is 1. The Labute approximate surface area is 152 Å². The first-order valence-corrected chi connectivity index (χ1v) is 9.47. The molecule has 0 aliphatic carbocycles. The molecule has 0 heterocycles. The summed E-state index contributed by atoms with van der Waals surface area (Å²) in [4.78, 5) is 34.6. The molecule has 0 spiro atoms. The van der Waals surface area contributed by atoms with Crippen LogP contribution >= 0.6 is 0 Å². The van der Waals surface area contributed by atoms with Crippen LogP contribution in [-0.2, 0) is 29.1 Å². The van der Waals surface area contributed by atoms with Crippen LogP contribution in [0.15, 0.2) is 29.2 Å². The first-order chi connectivity index (χ1) is 12.1. The van der Waals surface area contributed by atoms with E-state index in [2.05, 4.69) is 10.6 Å². The molecule has 0 unspecified atom stereocenters. The quantitative estimate of drug-likeness (QED) is 0.524. The van der Waals surface area contributed by atoms with Gasteiger partial charge >= 0.3 is 5.97 Å². The van der Waals surface area contributed by atoms with Gasteiger partial charge < -0.3 is 15.4 Å². The number of benzene rings is 1. The molecule has 26 heavy (non-hydrogen) atoms. The molecule has 2 amide bonds. The van der Waals surface area contributed by atoms with Gasteiger partial charge in [0.2, 0.25) is 15.9 Å². The number of amides is 2. The highest BCUT2D eigenvalue weighted by Crippen LogP contribution is 2.12. The number of ether oxygens (including phenoxy) is 1. The third-order valence-corrected chi connectivity index (χ3v) is 4.14. The fourth-order valence-corrected chi connectivity index (χ4v) is 2.32. The minimum Gasteiger partial charge on any atom is -0.454 e. The van der Waals surface area contributed by atoms with Gasteiger partial charge in [0.25, 0.3) is 5.91 Å². The van der Waals surface area contributed by atoms with E-state index in [1.54, 1.807) is 0 Å². The molecule has 1 aromatic carbocycles. The molecule has 0 aliphatic heterocycles. The number of carbonyl (C=O) groups is 3. The summed E-state index contributed by atoms with van der Waals surface area (Å²) in [6.45, 7) is 3.14. The molecule has 0 radical (unpaired) electrons. The van der Waals surface area contributed by atoms with E-state index in [1.807, 2.05) is 13.8 Å². The summed E-state index contributed by atoms with van der Waals surface area (Å²) in [5.74, 6) is -1.21. The lowest BCUT2D eigenvalue weighted by Gasteiger charge is -2.08. The average Bonchev–Trinajstić information content (AvgIpc) is 2.56. The van der Waals surface area contributed by atoms with Crippen LogP contribution in [0, 0.1) is 5.92 Å². The Morgan fingerprint density at radius 3 is 2.27 bits per heavy atom. The van der Waals surface area contributed by atoms with Crippen molar-refractivity contribution in [3.05, 3.63) is 24.3 Å². The van der Waals surface area contributed by atoms with Crippen LogP contribution < -0.4 is 15.8 Å². The van der Waals surface area contributed by atoms with Gasteiger partial charge in [-0.2, -0.15) is 0 Å². The number of hydrogen-bond donors (Lipinski definition) is 3. The van der Waals surface area contributed by atoms with Crippen molar-refractivity contribution in [2.75, 3.05) is 18.5 Å². The Morgan fingerprint density at radius 2 is 1.73 bits per heavy atom. The molecule has 4 N–H and O–H groups in total. The summed E-state index contributed by atoms with van der Waals surface area (Å²) in [5.41, 5.74) is 0.320. The smallest absolute Gasteiger partial charge is 0.325 e. The van der Waals surface area contributed by atoms with E-state index in [1.165, 1.54) is 24.3 Å². The van der Waals surface area contributed by atoms with Gasteiger partial charge in [-0.1, -0.05) is 13.8 Å². The number of hydrogen-bond acceptors (Lipinski definition) is 6. The molecule has 10 heteroatoms. The van der Waals surface area contributed by atoms with Crippen molar-refractivity contribution >= 4 is 33.5 Å². The number of rotatable bonds is 9. The minimum atomic E-state index is -3.81. The van der Waals surface area contributed by atoms with Gasteiger partial charge in [0.1, 0.15) is 6.54 Å². The molecule has 0 saturated heterocycles. The van der Waals surface area contributed by atoms with Crippen molar-refractivity contribution < 1.29 is 27.5 Å². The van der Waals surface area contributed by atoms with E-state index >= 15 is 0 Å². The second kappa shape index (κ2) is 9.88. The third kappa shape index (κ3) is 8.58. The zero-order chi connectivity index (χ0) is 19.7. The van der Waals surface area contributed by atoms with Crippen LogP contribution in [0.3, 0.4) is 0 Å². The van der Waals surface area contributed by atoms with Crippen LogP contribution in [0.4, 0.5) is 5.69 Å². The number of nitrogens with one attached hydrogen (secondary N) is 2. The molecule has 1 aromatic rings. The largest absolute Gasteiger partial charge is 0.454 e. The molecular weight excluding hydrogens is 362 g/mol. The number of sulfonamides is 1. The van der Waals surface area contributed by atoms with Gasteiger partial charge in [0.05, 0.1) is 4.90 Å². The summed E-state index contributed by atoms with van der Waals surface area (Å²) < 4.78 is 27.0. The van der Waals surface area contributed by atoms with Crippen molar-refractivity contribution in [1.82, 2.24) is 5.32 Å². The predicted octanol–water partition coefficient (Wildman–Crippen LogP) is 0.368. The fourth-order valence-electron chi connectivity index (χ4n) is 1.80. The van der Waals surface area contributed by atoms with Crippen LogP contribution in [0.2, 0.25) is 0 Å². The maximum atomic E-state index is 11.7. The van der Waals surface area contributed by atoms with Gasteiger partial charge in [-0.05, 0) is 36.6 Å². The topological polar surface area (TPSA) is 145 Å². The molecule has 9 nitrogen and oxygen atoms in total. The lowest BCUT2D eigenvalue weighted by Crippen LogP contribution is -2.32. The summed E-state index contributed by atoms with van der Waals surface area (Å²) >= 11 is 0. The van der Waals surface area contributed by atoms with Gasteiger partial charge in [-0.15, -0.1) is 0 Å². The zero-order valence-corrected chi connectivity index (χ0v) is 15.5. The van der Waals surface area contributed by atoms with E-state index < -0.39 is 28.5 Å². The van der Waals surface area contributed by atoms with E-state index in [9.17, 15) is 22.8 Å². The number of anilines is 1. The van der Waals surface area contributed by atoms with Crippen LogP contribution in [-0.4, -0.2) is 39.4 Å². The van der Waals surface area contributed by atoms with Gasteiger partial charge in [-0.25, -0.2) is 13.6 Å². The van der Waals surface area contributed by atoms with Crippen LogP contribution in [0.5, 0.6) is 0 Å². The third-order valence-electron chi connectivity index (χ3n) is 3.21. The van der Waals surface area contributed by atoms with E-state index in [0.29, 0.717) is 24.4 Å². The number of esters is 1. The number of primary sulfonamides is 1. The molecule has 1 rings (SSSR count). The average molecular weight is 385 g/mol. The standard InChI is InChI=1S/C16H23N3O6S/c1-11(2)3-8-14(20)18-9-16(22)25-10-15(21)19-12-4-6-13(7-5-12)26(17,23)24/h4-7,11H,3,8-10H2,1-2H3,(H,18,20)(H,19,21)(H2,17,23,24). The molecule has 0 atom stereocenters. The maximum Gasteiger partial charge on any atom is 0.325 e. The lowest BCUT2D eigenvalue weighted by atomic mass is 10.1. The second-order valence-electron chi connectivity index (χ2n) is 5.99. The monoisotopic (exact) mass is 385 g/mol. The first-order valence-electron chi connectivity index (χ1n) is 7.93. The SMILES string of the molecule is CC(C)CCC(=O)NCC(=O)OCC(=O)Nc1ccc(S(N)(=O)=O)cc1. The molecule has 0 aromatic heterocycles. The molecule has 0 fully saturated rings. The summed E-state index contributed by atoms with van der Waals surface area (Å²) in [5, 5.41) is 9.82. The Morgan fingerprint density at radius 1 is 1.12 bits per heavy atom. The normalized spacial score (nSPS) is 11.1. The maximum absolute atomic E-state index is 11.7. The summed E-state index contributed by atoms with van der Waals surface area (Å²) in [7, 11) is -3.81. The van der Waals surface area contributed by atoms with Crippen molar-refractivity contribution in [3.63, 3.8) is 0 Å². The Hall–Kier alpha value is -2.46. The summed E-state index contributed by atoms with van der Waals surface area (Å²) in [6, 6.07) is 5.19. The van der Waals surface area contributed by atoms with Crippen LogP contribution in [0.1, 0.15) is 26.7 Å². The van der Waals surface area contributed by atoms with Gasteiger partial charge in [-0.3, -0.25) is 14.4 Å². The molecule has 0 bridgehead atoms. The van der Waals surface area contributed by atoms with Crippen molar-refractivity contribution in [1.29, 1.82) is 0 Å². The Balaban J connectivity index is 2.33. The zero-order valence-electron chi connectivity index (χ0n) is 14.7. The van der Waals surface area contributed by atoms with Crippen molar-refractivity contribution in [3.8, 4) is 0 Å². The Bertz CT molecular complexity index is 744. The van der Waals surface area contributed by atoms with Crippen molar-refractivity contribution in [2.24, 2.45) is 11.1 Å². The van der Waals surface area contributed by atoms with E-state index in [-0.39, 0.29) is 17.3 Å². The highest BCUT2D eigenvalue weighted by Gasteiger charge is 2.11. The highest BCUT2D eigenvalue weighted by atomic mass is 32.2. The van der Waals surface area contributed by atoms with E-state index in [0.717, 1.165) is 0 Å². The first kappa shape index (κ1) is 21.6. The fraction of sp³-hybridized carbons (Fsp3) is 0.438. The van der Waals surface area contributed by atoms with Gasteiger partial charge in [0.15, 0.2) is 6.61 Å². The van der Waals surface area contributed by atoms with Gasteiger partial charge in [0, 0.05) is 12.1 Å². The molecular formula is C16H23N3O6S. The predicted molar refractivity (Wildman–Crippen MR) is 94.5 cm³/mol. The Kier molecular flexibility index (Phi) is 8.20. The van der Waals surface area contributed by atoms with Crippen molar-refractivity contribution in [2.45, 2.75) is 31.6 Å². The molecule has 0 saturated carbocycles. The number of carbonyl (C=O) groups excluding carboxylic acids is 3. The lowest BCUT2D eigenvalue weighted by molar-refractivity contribution is -0.147. The molecule has 144 valence electrons. The van der Waals surface area contributed by atoms with E-state index in [4.69, 9.17) is 9.88 Å². The highest BCUT2D eigenvalue weighted by molar-refractivity contribution is 7.89. The molecule has 0 aliphatic rings. The second-order valence-corrected chi connectivity index (χ2v) is 7.55. The summed E-state index contributed by atoms with van der Waals surface area (Å²) in [6.07, 6.45) is 1.04. The minimum absolute atomic E-state index is 0.0878.